The van der Waals surface area contributed by atoms with Crippen molar-refractivity contribution in [2.24, 2.45) is 5.92 Å². The van der Waals surface area contributed by atoms with Gasteiger partial charge in [-0.15, -0.1) is 0 Å². The third-order valence-electron chi connectivity index (χ3n) is 4.47. The first kappa shape index (κ1) is 23.6. The number of rotatable bonds is 9. The summed E-state index contributed by atoms with van der Waals surface area (Å²) in [7, 11) is 0. The molecule has 1 aromatic carbocycles. The van der Waals surface area contributed by atoms with Crippen LogP contribution in [0.1, 0.15) is 25.0 Å². The minimum absolute atomic E-state index is 0.0485. The molecule has 30 heavy (non-hydrogen) atoms. The van der Waals surface area contributed by atoms with Gasteiger partial charge in [0.25, 0.3) is 0 Å². The first-order valence-electron chi connectivity index (χ1n) is 9.37. The van der Waals surface area contributed by atoms with Crippen molar-refractivity contribution in [1.82, 2.24) is 5.32 Å². The van der Waals surface area contributed by atoms with E-state index in [-0.39, 0.29) is 30.8 Å². The monoisotopic (exact) mass is 425 g/mol. The highest BCUT2D eigenvalue weighted by molar-refractivity contribution is 5.73. The van der Waals surface area contributed by atoms with Gasteiger partial charge in [0.1, 0.15) is 30.7 Å². The number of nitrogens with one attached hydrogen (secondary N) is 1. The van der Waals surface area contributed by atoms with Crippen LogP contribution in [0.5, 0.6) is 5.75 Å². The predicted molar refractivity (Wildman–Crippen MR) is 103 cm³/mol. The molecular weight excluding hydrogens is 398 g/mol. The van der Waals surface area contributed by atoms with Crippen LogP contribution in [0.25, 0.3) is 0 Å². The van der Waals surface area contributed by atoms with Crippen molar-refractivity contribution >= 4 is 11.9 Å². The van der Waals surface area contributed by atoms with Crippen LogP contribution < -0.4 is 10.1 Å². The molecule has 5 unspecified atom stereocenters. The van der Waals surface area contributed by atoms with Gasteiger partial charge in [0.05, 0.1) is 5.92 Å². The lowest BCUT2D eigenvalue weighted by molar-refractivity contribution is -0.271. The molecule has 0 spiro atoms. The Balaban J connectivity index is 2.21. The number of aliphatic hydroxyl groups is 3. The van der Waals surface area contributed by atoms with Gasteiger partial charge in [-0.1, -0.05) is 26.5 Å². The molecule has 1 saturated heterocycles. The smallest absolute Gasteiger partial charge is 0.335 e. The summed E-state index contributed by atoms with van der Waals surface area (Å²) in [5, 5.41) is 41.9. The quantitative estimate of drug-likeness (QED) is 0.338. The predicted octanol–water partition coefficient (Wildman–Crippen LogP) is -0.110. The third-order valence-corrected chi connectivity index (χ3v) is 4.47. The highest BCUT2D eigenvalue weighted by Crippen LogP contribution is 2.28. The van der Waals surface area contributed by atoms with Crippen molar-refractivity contribution < 1.29 is 44.2 Å². The minimum atomic E-state index is -1.81. The molecule has 166 valence electrons. The van der Waals surface area contributed by atoms with Gasteiger partial charge in [0.2, 0.25) is 6.29 Å². The molecule has 0 saturated carbocycles. The van der Waals surface area contributed by atoms with E-state index in [0.29, 0.717) is 11.1 Å². The van der Waals surface area contributed by atoms with Crippen LogP contribution in [0.15, 0.2) is 31.0 Å². The number of benzene rings is 1. The maximum Gasteiger partial charge on any atom is 0.335 e. The van der Waals surface area contributed by atoms with Crippen molar-refractivity contribution in [3.05, 3.63) is 42.1 Å². The molecule has 10 heteroatoms. The zero-order chi connectivity index (χ0) is 22.4. The number of hydrogen-bond donors (Lipinski definition) is 5. The fourth-order valence-electron chi connectivity index (χ4n) is 2.75. The van der Waals surface area contributed by atoms with E-state index in [2.05, 4.69) is 11.9 Å². The Hall–Kier alpha value is -2.66. The number of carbonyl (C=O) groups is 2. The van der Waals surface area contributed by atoms with Gasteiger partial charge in [-0.25, -0.2) is 4.79 Å². The first-order valence-corrected chi connectivity index (χ1v) is 9.37. The summed E-state index contributed by atoms with van der Waals surface area (Å²) >= 11 is 0. The van der Waals surface area contributed by atoms with Crippen molar-refractivity contribution in [1.29, 1.82) is 0 Å². The lowest BCUT2D eigenvalue weighted by Crippen LogP contribution is -2.61. The third kappa shape index (κ3) is 5.70. The van der Waals surface area contributed by atoms with Crippen LogP contribution in [0.4, 0.5) is 0 Å². The van der Waals surface area contributed by atoms with Gasteiger partial charge in [-0.2, -0.15) is 0 Å². The van der Waals surface area contributed by atoms with Gasteiger partial charge in [0, 0.05) is 12.1 Å². The Labute approximate surface area is 173 Å². The Morgan fingerprint density at radius 3 is 2.53 bits per heavy atom. The van der Waals surface area contributed by atoms with Crippen molar-refractivity contribution in [3.8, 4) is 5.75 Å². The summed E-state index contributed by atoms with van der Waals surface area (Å²) in [5.74, 6) is -1.87. The number of esters is 1. The van der Waals surface area contributed by atoms with Gasteiger partial charge >= 0.3 is 11.9 Å². The molecule has 5 N–H and O–H groups in total. The molecule has 1 fully saturated rings. The maximum absolute atomic E-state index is 11.7. The molecular formula is C20H27NO9. The van der Waals surface area contributed by atoms with Crippen LogP contribution in [-0.4, -0.2) is 63.1 Å². The average Bonchev–Trinajstić information content (AvgIpc) is 2.71. The number of carbonyl (C=O) groups excluding carboxylic acids is 1. The molecule has 10 nitrogen and oxygen atoms in total. The van der Waals surface area contributed by atoms with Gasteiger partial charge < -0.3 is 40.0 Å². The Morgan fingerprint density at radius 2 is 1.93 bits per heavy atom. The molecule has 2 rings (SSSR count). The van der Waals surface area contributed by atoms with Gasteiger partial charge in [-0.05, 0) is 23.9 Å². The molecule has 0 aliphatic carbocycles. The number of carboxylic acid groups (broad SMARTS) is 1. The number of aliphatic carboxylic acids is 1. The summed E-state index contributed by atoms with van der Waals surface area (Å²) < 4.78 is 16.0. The lowest BCUT2D eigenvalue weighted by Gasteiger charge is -2.38. The van der Waals surface area contributed by atoms with Crippen LogP contribution >= 0.6 is 0 Å². The second kappa shape index (κ2) is 10.4. The Kier molecular flexibility index (Phi) is 8.18. The van der Waals surface area contributed by atoms with Crippen LogP contribution in [0, 0.1) is 5.92 Å². The molecule has 1 aliphatic rings. The van der Waals surface area contributed by atoms with E-state index in [9.17, 15) is 24.9 Å². The second-order valence-corrected chi connectivity index (χ2v) is 7.14. The number of ether oxygens (including phenoxy) is 3. The largest absolute Gasteiger partial charge is 0.479 e. The Bertz CT molecular complexity index is 767. The van der Waals surface area contributed by atoms with E-state index in [1.54, 1.807) is 32.0 Å². The van der Waals surface area contributed by atoms with Crippen LogP contribution in [0.2, 0.25) is 0 Å². The van der Waals surface area contributed by atoms with Gasteiger partial charge in [-0.3, -0.25) is 4.79 Å². The maximum atomic E-state index is 11.7. The fourth-order valence-corrected chi connectivity index (χ4v) is 2.75. The summed E-state index contributed by atoms with van der Waals surface area (Å²) in [6.45, 7) is 7.34. The van der Waals surface area contributed by atoms with E-state index in [1.807, 2.05) is 0 Å². The van der Waals surface area contributed by atoms with Gasteiger partial charge in [0.15, 0.2) is 6.10 Å². The molecule has 0 bridgehead atoms. The number of carboxylic acids is 1. The lowest BCUT2D eigenvalue weighted by atomic mass is 9.99. The van der Waals surface area contributed by atoms with E-state index >= 15 is 0 Å². The summed E-state index contributed by atoms with van der Waals surface area (Å²) in [6.07, 6.45) is -7.09. The molecule has 0 amide bonds. The molecule has 1 aliphatic heterocycles. The van der Waals surface area contributed by atoms with Crippen molar-refractivity contribution in [3.63, 3.8) is 0 Å². The van der Waals surface area contributed by atoms with Crippen molar-refractivity contribution in [2.75, 3.05) is 0 Å². The fraction of sp³-hybridized carbons (Fsp3) is 0.500. The van der Waals surface area contributed by atoms with E-state index < -0.39 is 36.7 Å². The highest BCUT2D eigenvalue weighted by Gasteiger charge is 2.48. The molecule has 1 heterocycles. The van der Waals surface area contributed by atoms with Crippen LogP contribution in [0.3, 0.4) is 0 Å². The summed E-state index contributed by atoms with van der Waals surface area (Å²) in [6, 6.07) is 4.88. The van der Waals surface area contributed by atoms with E-state index in [0.717, 1.165) is 0 Å². The first-order chi connectivity index (χ1) is 14.1. The topological polar surface area (TPSA) is 155 Å². The molecule has 5 atom stereocenters. The summed E-state index contributed by atoms with van der Waals surface area (Å²) in [5.41, 5.74) is 1.26. The number of aliphatic hydroxyl groups excluding tert-OH is 3. The van der Waals surface area contributed by atoms with E-state index in [4.69, 9.17) is 19.3 Å². The average molecular weight is 425 g/mol. The molecule has 0 radical (unpaired) electrons. The zero-order valence-corrected chi connectivity index (χ0v) is 16.7. The minimum Gasteiger partial charge on any atom is -0.479 e. The van der Waals surface area contributed by atoms with Crippen LogP contribution in [-0.2, 0) is 32.2 Å². The van der Waals surface area contributed by atoms with Crippen molar-refractivity contribution in [2.45, 2.75) is 57.7 Å². The van der Waals surface area contributed by atoms with E-state index in [1.165, 1.54) is 6.20 Å². The normalized spacial score (nSPS) is 26.1. The second-order valence-electron chi connectivity index (χ2n) is 7.14. The highest BCUT2D eigenvalue weighted by atomic mass is 16.7. The molecule has 1 aromatic rings. The zero-order valence-electron chi connectivity index (χ0n) is 16.7. The SMILES string of the molecule is C=CNCc1cc(COC(=O)C(C)C)ccc1OC1OC(C(=O)O)C(O)C(O)C1O. The molecule has 0 aromatic heterocycles. The summed E-state index contributed by atoms with van der Waals surface area (Å²) in [4.78, 5) is 22.9. The standard InChI is InChI=1S/C20H27NO9/c1-4-21-8-12-7-11(9-28-19(27)10(2)3)5-6-13(12)29-20-16(24)14(22)15(23)17(30-20)18(25)26/h4-7,10,14-17,20-24H,1,8-9H2,2-3H3,(H,25,26). The Morgan fingerprint density at radius 1 is 1.23 bits per heavy atom. The number of hydrogen-bond acceptors (Lipinski definition) is 9.